The Balaban J connectivity index is 1.54. The van der Waals surface area contributed by atoms with Crippen LogP contribution in [0.1, 0.15) is 39.9 Å². The Morgan fingerprint density at radius 2 is 1.97 bits per heavy atom. The van der Waals surface area contributed by atoms with Gasteiger partial charge in [-0.1, -0.05) is 18.2 Å². The van der Waals surface area contributed by atoms with E-state index in [9.17, 15) is 19.6 Å². The van der Waals surface area contributed by atoms with Crippen molar-refractivity contribution in [2.45, 2.75) is 20.1 Å². The minimum absolute atomic E-state index is 0.0261. The number of amides is 3. The van der Waals surface area contributed by atoms with Gasteiger partial charge in [-0.3, -0.25) is 9.69 Å². The van der Waals surface area contributed by atoms with Crippen molar-refractivity contribution in [3.05, 3.63) is 86.0 Å². The molecule has 1 fully saturated rings. The summed E-state index contributed by atoms with van der Waals surface area (Å²) in [5, 5.41) is 11.9. The summed E-state index contributed by atoms with van der Waals surface area (Å²) in [5.74, 6) is -0.0161. The number of halogens is 1. The van der Waals surface area contributed by atoms with Gasteiger partial charge in [-0.2, -0.15) is 5.26 Å². The molecule has 1 N–H and O–H groups in total. The van der Waals surface area contributed by atoms with Crippen molar-refractivity contribution in [2.75, 3.05) is 13.7 Å². The number of furan rings is 1. The standard InChI is InChI=1S/C27H22IN3O7/c1-3-36-23-12-16(10-20(28)24(23)37-15-18-7-5-4-6-17(18)13-29)11-21-25(32)31(27(34)30-21)14-19-8-9-22(38-19)26(33)35-2/h4-12H,3,14-15H2,1-2H3,(H,30,34)/b21-11-. The molecule has 0 unspecified atom stereocenters. The third-order valence-electron chi connectivity index (χ3n) is 5.48. The Hall–Kier alpha value is -4.31. The van der Waals surface area contributed by atoms with Crippen LogP contribution in [0.25, 0.3) is 6.08 Å². The van der Waals surface area contributed by atoms with E-state index in [1.807, 2.05) is 19.1 Å². The van der Waals surface area contributed by atoms with E-state index in [0.29, 0.717) is 29.2 Å². The van der Waals surface area contributed by atoms with Crippen molar-refractivity contribution in [2.24, 2.45) is 0 Å². The van der Waals surface area contributed by atoms with E-state index in [4.69, 9.17) is 13.9 Å². The number of benzene rings is 2. The fourth-order valence-corrected chi connectivity index (χ4v) is 4.47. The van der Waals surface area contributed by atoms with Crippen LogP contribution in [0.15, 0.2) is 58.6 Å². The molecule has 1 aromatic heterocycles. The van der Waals surface area contributed by atoms with E-state index in [2.05, 4.69) is 38.7 Å². The first kappa shape index (κ1) is 26.7. The largest absolute Gasteiger partial charge is 0.490 e. The lowest BCUT2D eigenvalue weighted by atomic mass is 10.1. The number of nitriles is 1. The zero-order valence-electron chi connectivity index (χ0n) is 20.4. The van der Waals surface area contributed by atoms with Gasteiger partial charge in [0.15, 0.2) is 11.5 Å². The second kappa shape index (κ2) is 11.8. The summed E-state index contributed by atoms with van der Waals surface area (Å²) in [6.07, 6.45) is 1.54. The van der Waals surface area contributed by atoms with Gasteiger partial charge in [-0.15, -0.1) is 0 Å². The highest BCUT2D eigenvalue weighted by atomic mass is 127. The molecule has 2 aromatic carbocycles. The molecule has 3 amide bonds. The molecule has 11 heteroatoms. The van der Waals surface area contributed by atoms with Crippen LogP contribution in [0.3, 0.4) is 0 Å². The summed E-state index contributed by atoms with van der Waals surface area (Å²) in [5.41, 5.74) is 1.95. The highest BCUT2D eigenvalue weighted by Gasteiger charge is 2.34. The minimum Gasteiger partial charge on any atom is -0.490 e. The van der Waals surface area contributed by atoms with Crippen molar-refractivity contribution < 1.29 is 33.0 Å². The zero-order valence-corrected chi connectivity index (χ0v) is 22.6. The molecule has 0 radical (unpaired) electrons. The van der Waals surface area contributed by atoms with Crippen LogP contribution in [0.2, 0.25) is 0 Å². The summed E-state index contributed by atoms with van der Waals surface area (Å²) in [4.78, 5) is 38.0. The summed E-state index contributed by atoms with van der Waals surface area (Å²) in [6, 6.07) is 15.1. The fourth-order valence-electron chi connectivity index (χ4n) is 3.69. The lowest BCUT2D eigenvalue weighted by Crippen LogP contribution is -2.30. The molecule has 1 aliphatic heterocycles. The number of nitrogens with zero attached hydrogens (tertiary/aromatic N) is 2. The number of carbonyl (C=O) groups is 3. The first-order chi connectivity index (χ1) is 18.3. The lowest BCUT2D eigenvalue weighted by molar-refractivity contribution is -0.123. The number of carbonyl (C=O) groups excluding carboxylic acids is 3. The second-order valence-corrected chi connectivity index (χ2v) is 9.12. The highest BCUT2D eigenvalue weighted by molar-refractivity contribution is 14.1. The molecular weight excluding hydrogens is 605 g/mol. The highest BCUT2D eigenvalue weighted by Crippen LogP contribution is 2.36. The van der Waals surface area contributed by atoms with Gasteiger partial charge >= 0.3 is 12.0 Å². The molecule has 3 aromatic rings. The van der Waals surface area contributed by atoms with Crippen LogP contribution >= 0.6 is 22.6 Å². The first-order valence-corrected chi connectivity index (χ1v) is 12.5. The van der Waals surface area contributed by atoms with Crippen molar-refractivity contribution in [3.8, 4) is 17.6 Å². The lowest BCUT2D eigenvalue weighted by Gasteiger charge is -2.15. The van der Waals surface area contributed by atoms with Gasteiger partial charge < -0.3 is 23.9 Å². The van der Waals surface area contributed by atoms with Crippen molar-refractivity contribution in [3.63, 3.8) is 0 Å². The molecule has 1 saturated heterocycles. The number of ether oxygens (including phenoxy) is 3. The van der Waals surface area contributed by atoms with E-state index >= 15 is 0 Å². The Kier molecular flexibility index (Phi) is 8.32. The average molecular weight is 627 g/mol. The summed E-state index contributed by atoms with van der Waals surface area (Å²) >= 11 is 2.11. The molecule has 0 saturated carbocycles. The monoisotopic (exact) mass is 627 g/mol. The Morgan fingerprint density at radius 3 is 2.71 bits per heavy atom. The Labute approximate surface area is 231 Å². The molecule has 194 valence electrons. The average Bonchev–Trinajstić information content (AvgIpc) is 3.48. The molecule has 10 nitrogen and oxygen atoms in total. The second-order valence-electron chi connectivity index (χ2n) is 7.96. The van der Waals surface area contributed by atoms with Crippen LogP contribution in [0.5, 0.6) is 11.5 Å². The third-order valence-corrected chi connectivity index (χ3v) is 6.28. The smallest absolute Gasteiger partial charge is 0.373 e. The van der Waals surface area contributed by atoms with Crippen LogP contribution < -0.4 is 14.8 Å². The van der Waals surface area contributed by atoms with Crippen molar-refractivity contribution >= 4 is 46.6 Å². The maximum atomic E-state index is 13.0. The molecule has 0 atom stereocenters. The fraction of sp³-hybridized carbons (Fsp3) is 0.185. The number of methoxy groups -OCH3 is 1. The number of imide groups is 1. The van der Waals surface area contributed by atoms with E-state index < -0.39 is 17.9 Å². The number of esters is 1. The van der Waals surface area contributed by atoms with Gasteiger partial charge in [0, 0.05) is 5.56 Å². The predicted octanol–water partition coefficient (Wildman–Crippen LogP) is 4.61. The van der Waals surface area contributed by atoms with E-state index in [1.54, 1.807) is 30.3 Å². The van der Waals surface area contributed by atoms with Gasteiger partial charge in [0.05, 0.1) is 35.5 Å². The van der Waals surface area contributed by atoms with Crippen LogP contribution in [-0.2, 0) is 22.7 Å². The quantitative estimate of drug-likeness (QED) is 0.158. The zero-order chi connectivity index (χ0) is 27.2. The number of hydrogen-bond acceptors (Lipinski definition) is 8. The van der Waals surface area contributed by atoms with Gasteiger partial charge in [0.25, 0.3) is 5.91 Å². The van der Waals surface area contributed by atoms with Crippen molar-refractivity contribution in [1.82, 2.24) is 10.2 Å². The van der Waals surface area contributed by atoms with Gasteiger partial charge in [0.2, 0.25) is 5.76 Å². The third kappa shape index (κ3) is 5.81. The molecule has 1 aliphatic rings. The molecule has 0 spiro atoms. The van der Waals surface area contributed by atoms with E-state index in [-0.39, 0.29) is 30.4 Å². The van der Waals surface area contributed by atoms with Gasteiger partial charge in [0.1, 0.15) is 18.1 Å². The Morgan fingerprint density at radius 1 is 1.18 bits per heavy atom. The van der Waals surface area contributed by atoms with Crippen LogP contribution in [0.4, 0.5) is 4.79 Å². The normalized spacial score (nSPS) is 13.8. The summed E-state index contributed by atoms with van der Waals surface area (Å²) < 4.78 is 22.5. The predicted molar refractivity (Wildman–Crippen MR) is 143 cm³/mol. The van der Waals surface area contributed by atoms with E-state index in [0.717, 1.165) is 14.0 Å². The number of rotatable bonds is 9. The number of hydrogen-bond donors (Lipinski definition) is 1. The minimum atomic E-state index is -0.657. The maximum Gasteiger partial charge on any atom is 0.373 e. The molecular formula is C27H22IN3O7. The summed E-state index contributed by atoms with van der Waals surface area (Å²) in [7, 11) is 1.23. The topological polar surface area (TPSA) is 131 Å². The number of urea groups is 1. The molecule has 4 rings (SSSR count). The molecule has 0 aliphatic carbocycles. The molecule has 38 heavy (non-hydrogen) atoms. The molecule has 2 heterocycles. The van der Waals surface area contributed by atoms with E-state index in [1.165, 1.54) is 19.2 Å². The van der Waals surface area contributed by atoms with Gasteiger partial charge in [-0.05, 0) is 71.5 Å². The number of nitrogens with one attached hydrogen (secondary N) is 1. The Bertz CT molecular complexity index is 1470. The van der Waals surface area contributed by atoms with Crippen LogP contribution in [0, 0.1) is 14.9 Å². The van der Waals surface area contributed by atoms with Gasteiger partial charge in [-0.25, -0.2) is 9.59 Å². The first-order valence-electron chi connectivity index (χ1n) is 11.4. The SMILES string of the molecule is CCOc1cc(/C=C2\NC(=O)N(Cc3ccc(C(=O)OC)o3)C2=O)cc(I)c1OCc1ccccc1C#N. The van der Waals surface area contributed by atoms with Crippen molar-refractivity contribution in [1.29, 1.82) is 5.26 Å². The van der Waals surface area contributed by atoms with Crippen LogP contribution in [-0.4, -0.2) is 36.5 Å². The maximum absolute atomic E-state index is 13.0. The summed E-state index contributed by atoms with van der Waals surface area (Å²) in [6.45, 7) is 2.24. The molecule has 0 bridgehead atoms.